The van der Waals surface area contributed by atoms with E-state index in [1.54, 1.807) is 30.3 Å². The van der Waals surface area contributed by atoms with Crippen LogP contribution >= 0.6 is 35.6 Å². The van der Waals surface area contributed by atoms with Crippen LogP contribution in [0.4, 0.5) is 5.69 Å². The zero-order chi connectivity index (χ0) is 11.5. The first-order valence-corrected chi connectivity index (χ1v) is 5.22. The Bertz CT molecular complexity index is 514. The van der Waals surface area contributed by atoms with Crippen LogP contribution in [-0.2, 0) is 0 Å². The highest BCUT2D eigenvalue weighted by molar-refractivity contribution is 6.36. The molecule has 0 aliphatic rings. The van der Waals surface area contributed by atoms with Gasteiger partial charge in [0.15, 0.2) is 5.76 Å². The zero-order valence-corrected chi connectivity index (χ0v) is 11.3. The van der Waals surface area contributed by atoms with Crippen LogP contribution in [0.1, 0.15) is 10.6 Å². The molecule has 0 fully saturated rings. The highest BCUT2D eigenvalue weighted by atomic mass is 35.5. The van der Waals surface area contributed by atoms with Crippen molar-refractivity contribution < 1.29 is 14.7 Å². The lowest BCUT2D eigenvalue weighted by molar-refractivity contribution is 0.0996. The second kappa shape index (κ2) is 7.28. The SMILES string of the molecule is Cl.O.O=C(Nc1ccc(Cl)cc1Cl)c1ccco1. The summed E-state index contributed by atoms with van der Waals surface area (Å²) in [5.41, 5.74) is 0.493. The van der Waals surface area contributed by atoms with Gasteiger partial charge in [-0.25, -0.2) is 0 Å². The van der Waals surface area contributed by atoms with Crippen molar-refractivity contribution in [2.75, 3.05) is 5.32 Å². The van der Waals surface area contributed by atoms with Gasteiger partial charge in [-0.2, -0.15) is 0 Å². The third kappa shape index (κ3) is 3.92. The maximum atomic E-state index is 11.6. The van der Waals surface area contributed by atoms with Crippen LogP contribution in [0.2, 0.25) is 10.0 Å². The van der Waals surface area contributed by atoms with Gasteiger partial charge in [0.25, 0.3) is 5.91 Å². The van der Waals surface area contributed by atoms with Crippen molar-refractivity contribution >= 4 is 47.2 Å². The maximum absolute atomic E-state index is 11.6. The Morgan fingerprint density at radius 2 is 1.94 bits per heavy atom. The number of carbonyl (C=O) groups is 1. The molecule has 1 aromatic carbocycles. The Morgan fingerprint density at radius 1 is 1.22 bits per heavy atom. The average molecular weight is 311 g/mol. The van der Waals surface area contributed by atoms with Crippen LogP contribution < -0.4 is 5.32 Å². The summed E-state index contributed by atoms with van der Waals surface area (Å²) in [7, 11) is 0. The number of nitrogens with one attached hydrogen (secondary N) is 1. The molecule has 0 unspecified atom stereocenters. The maximum Gasteiger partial charge on any atom is 0.291 e. The number of hydrogen-bond donors (Lipinski definition) is 1. The highest BCUT2D eigenvalue weighted by Crippen LogP contribution is 2.25. The van der Waals surface area contributed by atoms with Crippen LogP contribution in [0.5, 0.6) is 0 Å². The molecule has 0 atom stereocenters. The van der Waals surface area contributed by atoms with Crippen molar-refractivity contribution in [3.63, 3.8) is 0 Å². The van der Waals surface area contributed by atoms with Crippen molar-refractivity contribution in [1.29, 1.82) is 0 Å². The van der Waals surface area contributed by atoms with Gasteiger partial charge < -0.3 is 15.2 Å². The molecule has 1 amide bonds. The summed E-state index contributed by atoms with van der Waals surface area (Å²) in [4.78, 5) is 11.6. The van der Waals surface area contributed by atoms with E-state index in [-0.39, 0.29) is 29.6 Å². The van der Waals surface area contributed by atoms with Gasteiger partial charge >= 0.3 is 0 Å². The summed E-state index contributed by atoms with van der Waals surface area (Å²) < 4.78 is 4.95. The van der Waals surface area contributed by atoms with E-state index in [0.717, 1.165) is 0 Å². The zero-order valence-electron chi connectivity index (χ0n) is 8.94. The number of carbonyl (C=O) groups excluding carboxylic acids is 1. The second-order valence-corrected chi connectivity index (χ2v) is 3.90. The molecule has 0 bridgehead atoms. The predicted molar refractivity (Wildman–Crippen MR) is 74.0 cm³/mol. The highest BCUT2D eigenvalue weighted by Gasteiger charge is 2.10. The first-order valence-electron chi connectivity index (χ1n) is 4.47. The quantitative estimate of drug-likeness (QED) is 0.922. The molecule has 0 saturated carbocycles. The van der Waals surface area contributed by atoms with E-state index in [1.165, 1.54) is 6.26 Å². The molecular weight excluding hydrogens is 300 g/mol. The fraction of sp³-hybridized carbons (Fsp3) is 0. The molecule has 2 aromatic rings. The molecule has 1 aromatic heterocycles. The molecule has 0 saturated heterocycles. The lowest BCUT2D eigenvalue weighted by Crippen LogP contribution is -2.11. The average Bonchev–Trinajstić information content (AvgIpc) is 2.75. The molecule has 98 valence electrons. The molecular formula is C11H10Cl3NO3. The Labute approximate surface area is 120 Å². The van der Waals surface area contributed by atoms with E-state index in [4.69, 9.17) is 27.6 Å². The fourth-order valence-corrected chi connectivity index (χ4v) is 1.64. The van der Waals surface area contributed by atoms with Gasteiger partial charge in [-0.05, 0) is 30.3 Å². The number of anilines is 1. The molecule has 0 aliphatic heterocycles. The van der Waals surface area contributed by atoms with Crippen LogP contribution in [0.15, 0.2) is 41.0 Å². The van der Waals surface area contributed by atoms with Gasteiger partial charge in [-0.3, -0.25) is 4.79 Å². The summed E-state index contributed by atoms with van der Waals surface area (Å²) in [6, 6.07) is 8.04. The third-order valence-corrected chi connectivity index (χ3v) is 2.47. The molecule has 7 heteroatoms. The van der Waals surface area contributed by atoms with E-state index >= 15 is 0 Å². The van der Waals surface area contributed by atoms with Gasteiger partial charge in [0.1, 0.15) is 0 Å². The standard InChI is InChI=1S/C11H7Cl2NO2.ClH.H2O/c12-7-3-4-9(8(13)6-7)14-11(15)10-2-1-5-16-10;;/h1-6H,(H,14,15);1H;1H2. The van der Waals surface area contributed by atoms with Crippen LogP contribution in [0.3, 0.4) is 0 Å². The minimum absolute atomic E-state index is 0. The van der Waals surface area contributed by atoms with Crippen LogP contribution in [0.25, 0.3) is 0 Å². The van der Waals surface area contributed by atoms with Crippen molar-refractivity contribution in [3.05, 3.63) is 52.4 Å². The largest absolute Gasteiger partial charge is 0.459 e. The second-order valence-electron chi connectivity index (χ2n) is 3.06. The van der Waals surface area contributed by atoms with E-state index in [1.807, 2.05) is 0 Å². The van der Waals surface area contributed by atoms with E-state index in [2.05, 4.69) is 5.32 Å². The Kier molecular flexibility index (Phi) is 6.80. The van der Waals surface area contributed by atoms with E-state index in [9.17, 15) is 4.79 Å². The van der Waals surface area contributed by atoms with Crippen molar-refractivity contribution in [2.45, 2.75) is 0 Å². The lowest BCUT2D eigenvalue weighted by Gasteiger charge is -2.05. The van der Waals surface area contributed by atoms with Gasteiger partial charge in [0, 0.05) is 5.02 Å². The van der Waals surface area contributed by atoms with E-state index in [0.29, 0.717) is 15.7 Å². The van der Waals surface area contributed by atoms with Crippen LogP contribution in [-0.4, -0.2) is 11.4 Å². The number of amides is 1. The molecule has 0 aliphatic carbocycles. The van der Waals surface area contributed by atoms with Crippen molar-refractivity contribution in [1.82, 2.24) is 0 Å². The van der Waals surface area contributed by atoms with Crippen molar-refractivity contribution in [3.8, 4) is 0 Å². The summed E-state index contributed by atoms with van der Waals surface area (Å²) in [5, 5.41) is 3.51. The summed E-state index contributed by atoms with van der Waals surface area (Å²) in [6.45, 7) is 0. The lowest BCUT2D eigenvalue weighted by atomic mass is 10.3. The molecule has 2 rings (SSSR count). The monoisotopic (exact) mass is 309 g/mol. The molecule has 1 heterocycles. The van der Waals surface area contributed by atoms with Crippen molar-refractivity contribution in [2.24, 2.45) is 0 Å². The van der Waals surface area contributed by atoms with Gasteiger partial charge in [0.05, 0.1) is 17.0 Å². The predicted octanol–water partition coefficient (Wildman–Crippen LogP) is 3.44. The Balaban J connectivity index is 0.00000144. The number of halogens is 3. The first-order chi connectivity index (χ1) is 7.66. The Hall–Kier alpha value is -1.20. The van der Waals surface area contributed by atoms with Gasteiger partial charge in [-0.1, -0.05) is 23.2 Å². The van der Waals surface area contributed by atoms with E-state index < -0.39 is 0 Å². The number of rotatable bonds is 2. The number of benzene rings is 1. The molecule has 4 nitrogen and oxygen atoms in total. The summed E-state index contributed by atoms with van der Waals surface area (Å²) in [6.07, 6.45) is 1.43. The smallest absolute Gasteiger partial charge is 0.291 e. The molecule has 0 spiro atoms. The number of furan rings is 1. The van der Waals surface area contributed by atoms with Gasteiger partial charge in [-0.15, -0.1) is 12.4 Å². The third-order valence-electron chi connectivity index (χ3n) is 1.92. The minimum atomic E-state index is -0.353. The first kappa shape index (κ1) is 16.8. The normalized spacial score (nSPS) is 9.00. The van der Waals surface area contributed by atoms with Gasteiger partial charge in [0.2, 0.25) is 0 Å². The molecule has 0 radical (unpaired) electrons. The topological polar surface area (TPSA) is 73.7 Å². The fourth-order valence-electron chi connectivity index (χ4n) is 1.18. The minimum Gasteiger partial charge on any atom is -0.459 e. The molecule has 18 heavy (non-hydrogen) atoms. The molecule has 3 N–H and O–H groups in total. The van der Waals surface area contributed by atoms with Crippen LogP contribution in [0, 0.1) is 0 Å². The Morgan fingerprint density at radius 3 is 2.50 bits per heavy atom. The summed E-state index contributed by atoms with van der Waals surface area (Å²) in [5.74, 6) is -0.125. The number of hydrogen-bond acceptors (Lipinski definition) is 2. The summed E-state index contributed by atoms with van der Waals surface area (Å²) >= 11 is 11.6.